The van der Waals surface area contributed by atoms with Gasteiger partial charge in [-0.2, -0.15) is 0 Å². The molecule has 0 saturated carbocycles. The molecule has 1 saturated heterocycles. The zero-order valence-electron chi connectivity index (χ0n) is 6.94. The van der Waals surface area contributed by atoms with Crippen LogP contribution in [0.1, 0.15) is 6.92 Å². The first-order valence-corrected chi connectivity index (χ1v) is 3.62. The van der Waals surface area contributed by atoms with Gasteiger partial charge in [-0.15, -0.1) is 0 Å². The minimum atomic E-state index is -0.882. The summed E-state index contributed by atoms with van der Waals surface area (Å²) in [5, 5.41) is 0. The highest BCUT2D eigenvalue weighted by atomic mass is 16.6. The maximum atomic E-state index is 11.0. The van der Waals surface area contributed by atoms with E-state index in [9.17, 15) is 9.59 Å². The molecule has 5 heteroatoms. The Kier molecular flexibility index (Phi) is 2.32. The number of methoxy groups -OCH3 is 1. The summed E-state index contributed by atoms with van der Waals surface area (Å²) in [6.07, 6.45) is -0.486. The summed E-state index contributed by atoms with van der Waals surface area (Å²) in [6, 6.07) is -0.882. The van der Waals surface area contributed by atoms with Gasteiger partial charge in [0.2, 0.25) is 0 Å². The molecule has 0 aromatic rings. The standard InChI is InChI=1S/C7H11NO4/c1-3-4(6(9)11-2)5(8)7(10)12-3/h3-5H,8H2,1-2H3/t3-,4+,5-/m1/s1. The van der Waals surface area contributed by atoms with E-state index in [0.29, 0.717) is 0 Å². The molecular formula is C7H11NO4. The van der Waals surface area contributed by atoms with E-state index in [4.69, 9.17) is 10.5 Å². The second-order valence-electron chi connectivity index (χ2n) is 2.72. The van der Waals surface area contributed by atoms with Gasteiger partial charge in [-0.3, -0.25) is 9.59 Å². The molecular weight excluding hydrogens is 162 g/mol. The third-order valence-corrected chi connectivity index (χ3v) is 1.94. The molecule has 1 aliphatic rings. The van der Waals surface area contributed by atoms with Crippen molar-refractivity contribution in [2.75, 3.05) is 7.11 Å². The molecule has 0 aliphatic carbocycles. The summed E-state index contributed by atoms with van der Waals surface area (Å²) in [4.78, 5) is 21.9. The van der Waals surface area contributed by atoms with E-state index in [2.05, 4.69) is 4.74 Å². The average molecular weight is 173 g/mol. The fourth-order valence-corrected chi connectivity index (χ4v) is 1.25. The van der Waals surface area contributed by atoms with Gasteiger partial charge in [0.25, 0.3) is 0 Å². The van der Waals surface area contributed by atoms with Crippen LogP contribution in [-0.2, 0) is 19.1 Å². The van der Waals surface area contributed by atoms with E-state index in [-0.39, 0.29) is 0 Å². The molecule has 1 fully saturated rings. The van der Waals surface area contributed by atoms with Crippen molar-refractivity contribution in [3.8, 4) is 0 Å². The van der Waals surface area contributed by atoms with Crippen molar-refractivity contribution >= 4 is 11.9 Å². The largest absolute Gasteiger partial charge is 0.469 e. The number of esters is 2. The zero-order chi connectivity index (χ0) is 9.30. The van der Waals surface area contributed by atoms with Crippen LogP contribution in [0, 0.1) is 5.92 Å². The van der Waals surface area contributed by atoms with Crippen LogP contribution >= 0.6 is 0 Å². The normalized spacial score (nSPS) is 34.6. The van der Waals surface area contributed by atoms with Crippen LogP contribution in [0.3, 0.4) is 0 Å². The van der Waals surface area contributed by atoms with Crippen LogP contribution in [0.5, 0.6) is 0 Å². The number of nitrogens with two attached hydrogens (primary N) is 1. The molecule has 0 unspecified atom stereocenters. The fourth-order valence-electron chi connectivity index (χ4n) is 1.25. The van der Waals surface area contributed by atoms with E-state index >= 15 is 0 Å². The van der Waals surface area contributed by atoms with Crippen molar-refractivity contribution in [3.05, 3.63) is 0 Å². The number of carbonyl (C=O) groups excluding carboxylic acids is 2. The lowest BCUT2D eigenvalue weighted by Gasteiger charge is -2.11. The van der Waals surface area contributed by atoms with E-state index in [1.165, 1.54) is 7.11 Å². The summed E-state index contributed by atoms with van der Waals surface area (Å²) in [5.41, 5.74) is 5.41. The summed E-state index contributed by atoms with van der Waals surface area (Å²) in [7, 11) is 1.25. The second kappa shape index (κ2) is 3.10. The molecule has 0 bridgehead atoms. The van der Waals surface area contributed by atoms with E-state index in [1.807, 2.05) is 0 Å². The lowest BCUT2D eigenvalue weighted by atomic mass is 9.99. The van der Waals surface area contributed by atoms with Crippen LogP contribution in [0.4, 0.5) is 0 Å². The van der Waals surface area contributed by atoms with Gasteiger partial charge in [-0.05, 0) is 6.92 Å². The quantitative estimate of drug-likeness (QED) is 0.517. The van der Waals surface area contributed by atoms with Gasteiger partial charge in [0.15, 0.2) is 0 Å². The van der Waals surface area contributed by atoms with E-state index in [1.54, 1.807) is 6.92 Å². The van der Waals surface area contributed by atoms with Crippen molar-refractivity contribution in [2.45, 2.75) is 19.1 Å². The summed E-state index contributed by atoms with van der Waals surface area (Å²) in [6.45, 7) is 1.62. The van der Waals surface area contributed by atoms with Gasteiger partial charge >= 0.3 is 11.9 Å². The van der Waals surface area contributed by atoms with E-state index in [0.717, 1.165) is 0 Å². The van der Waals surface area contributed by atoms with Gasteiger partial charge in [-0.25, -0.2) is 0 Å². The van der Waals surface area contributed by atoms with Crippen LogP contribution in [-0.4, -0.2) is 31.2 Å². The predicted molar refractivity (Wildman–Crippen MR) is 39.0 cm³/mol. The maximum absolute atomic E-state index is 11.0. The van der Waals surface area contributed by atoms with Crippen LogP contribution < -0.4 is 5.73 Å². The average Bonchev–Trinajstić information content (AvgIpc) is 2.26. The number of hydrogen-bond acceptors (Lipinski definition) is 5. The van der Waals surface area contributed by atoms with Crippen molar-refractivity contribution in [3.63, 3.8) is 0 Å². The third kappa shape index (κ3) is 1.27. The smallest absolute Gasteiger partial charge is 0.324 e. The number of carbonyl (C=O) groups is 2. The molecule has 68 valence electrons. The Bertz CT molecular complexity index is 215. The Morgan fingerprint density at radius 3 is 2.58 bits per heavy atom. The fraction of sp³-hybridized carbons (Fsp3) is 0.714. The number of cyclic esters (lactones) is 1. The molecule has 1 heterocycles. The molecule has 0 amide bonds. The Balaban J connectivity index is 2.76. The molecule has 0 spiro atoms. The van der Waals surface area contributed by atoms with Gasteiger partial charge in [-0.1, -0.05) is 0 Å². The predicted octanol–water partition coefficient (Wildman–Crippen LogP) is -0.952. The molecule has 0 aromatic carbocycles. The minimum Gasteiger partial charge on any atom is -0.469 e. The van der Waals surface area contributed by atoms with Gasteiger partial charge in [0, 0.05) is 0 Å². The molecule has 3 atom stereocenters. The van der Waals surface area contributed by atoms with Crippen LogP contribution in [0.15, 0.2) is 0 Å². The summed E-state index contributed by atoms with van der Waals surface area (Å²) < 4.78 is 9.22. The Labute approximate surface area is 69.8 Å². The van der Waals surface area contributed by atoms with Crippen molar-refractivity contribution in [1.29, 1.82) is 0 Å². The zero-order valence-corrected chi connectivity index (χ0v) is 6.94. The first-order valence-electron chi connectivity index (χ1n) is 3.62. The Hall–Kier alpha value is -1.10. The number of rotatable bonds is 1. The SMILES string of the molecule is COC(=O)[C@H]1[C@@H](C)OC(=O)[C@@H]1N. The van der Waals surface area contributed by atoms with Crippen LogP contribution in [0.2, 0.25) is 0 Å². The van der Waals surface area contributed by atoms with Gasteiger partial charge < -0.3 is 15.2 Å². The molecule has 12 heavy (non-hydrogen) atoms. The molecule has 2 N–H and O–H groups in total. The Morgan fingerprint density at radius 2 is 2.25 bits per heavy atom. The first kappa shape index (κ1) is 8.99. The molecule has 5 nitrogen and oxygen atoms in total. The molecule has 0 radical (unpaired) electrons. The monoisotopic (exact) mass is 173 g/mol. The topological polar surface area (TPSA) is 78.6 Å². The van der Waals surface area contributed by atoms with Crippen LogP contribution in [0.25, 0.3) is 0 Å². The van der Waals surface area contributed by atoms with E-state index < -0.39 is 30.0 Å². The third-order valence-electron chi connectivity index (χ3n) is 1.94. The molecule has 0 aromatic heterocycles. The second-order valence-corrected chi connectivity index (χ2v) is 2.72. The van der Waals surface area contributed by atoms with Crippen molar-refractivity contribution in [2.24, 2.45) is 11.7 Å². The highest BCUT2D eigenvalue weighted by Crippen LogP contribution is 2.21. The number of ether oxygens (including phenoxy) is 2. The summed E-state index contributed by atoms with van der Waals surface area (Å²) in [5.74, 6) is -1.71. The summed E-state index contributed by atoms with van der Waals surface area (Å²) >= 11 is 0. The highest BCUT2D eigenvalue weighted by Gasteiger charge is 2.45. The van der Waals surface area contributed by atoms with Gasteiger partial charge in [0.05, 0.1) is 7.11 Å². The Morgan fingerprint density at radius 1 is 1.67 bits per heavy atom. The lowest BCUT2D eigenvalue weighted by molar-refractivity contribution is -0.147. The first-order chi connectivity index (χ1) is 5.57. The van der Waals surface area contributed by atoms with Crippen molar-refractivity contribution < 1.29 is 19.1 Å². The van der Waals surface area contributed by atoms with Crippen molar-refractivity contribution in [1.82, 2.24) is 0 Å². The maximum Gasteiger partial charge on any atom is 0.324 e. The lowest BCUT2D eigenvalue weighted by Crippen LogP contribution is -2.39. The molecule has 1 rings (SSSR count). The minimum absolute atomic E-state index is 0.486. The highest BCUT2D eigenvalue weighted by molar-refractivity contribution is 5.87. The van der Waals surface area contributed by atoms with Gasteiger partial charge in [0.1, 0.15) is 18.1 Å². The molecule has 1 aliphatic heterocycles. The number of hydrogen-bond donors (Lipinski definition) is 1.